The summed E-state index contributed by atoms with van der Waals surface area (Å²) in [4.78, 5) is 0. The molecule has 4 unspecified atom stereocenters. The summed E-state index contributed by atoms with van der Waals surface area (Å²) < 4.78 is 0. The molecule has 1 heterocycles. The molecule has 1 fully saturated rings. The highest BCUT2D eigenvalue weighted by Crippen LogP contribution is 2.49. The topological polar surface area (TPSA) is 12.0 Å². The van der Waals surface area contributed by atoms with E-state index in [-0.39, 0.29) is 11.0 Å². The second-order valence-corrected chi connectivity index (χ2v) is 5.60. The fourth-order valence-electron chi connectivity index (χ4n) is 3.50. The quantitative estimate of drug-likeness (QED) is 0.652. The SMILES string of the molecule is CC12C=CC=CC1C1(C)C=CC=CC1CN2. The standard InChI is InChI=1S/C15H19N/c1-14-9-5-3-7-12(14)11-16-15(2)10-6-4-8-13(14)15/h3-10,12-13,16H,11H2,1-2H3. The lowest BCUT2D eigenvalue weighted by Gasteiger charge is -2.54. The van der Waals surface area contributed by atoms with Gasteiger partial charge in [-0.1, -0.05) is 55.5 Å². The van der Waals surface area contributed by atoms with E-state index in [4.69, 9.17) is 0 Å². The van der Waals surface area contributed by atoms with Gasteiger partial charge < -0.3 is 5.32 Å². The van der Waals surface area contributed by atoms with Gasteiger partial charge in [-0.15, -0.1) is 0 Å². The van der Waals surface area contributed by atoms with Crippen molar-refractivity contribution in [2.24, 2.45) is 17.3 Å². The predicted octanol–water partition coefficient (Wildman–Crippen LogP) is 2.84. The van der Waals surface area contributed by atoms with Crippen molar-refractivity contribution in [3.05, 3.63) is 48.6 Å². The molecular weight excluding hydrogens is 194 g/mol. The summed E-state index contributed by atoms with van der Waals surface area (Å²) in [6, 6.07) is 0. The summed E-state index contributed by atoms with van der Waals surface area (Å²) in [5.41, 5.74) is 0.380. The minimum atomic E-state index is 0.121. The summed E-state index contributed by atoms with van der Waals surface area (Å²) in [5, 5.41) is 3.70. The molecule has 16 heavy (non-hydrogen) atoms. The lowest BCUT2D eigenvalue weighted by molar-refractivity contribution is 0.0907. The second kappa shape index (κ2) is 3.21. The number of rotatable bonds is 0. The molecule has 84 valence electrons. The number of nitrogens with one attached hydrogen (secondary N) is 1. The molecule has 1 N–H and O–H groups in total. The Balaban J connectivity index is 2.06. The zero-order chi connectivity index (χ0) is 11.2. The first-order chi connectivity index (χ1) is 7.65. The molecule has 0 aromatic rings. The zero-order valence-electron chi connectivity index (χ0n) is 9.98. The number of allylic oxidation sites excluding steroid dienone is 5. The first-order valence-corrected chi connectivity index (χ1v) is 6.12. The van der Waals surface area contributed by atoms with Gasteiger partial charge in [0.1, 0.15) is 0 Å². The molecule has 3 aliphatic rings. The van der Waals surface area contributed by atoms with E-state index in [2.05, 4.69) is 67.8 Å². The fraction of sp³-hybridized carbons (Fsp3) is 0.467. The van der Waals surface area contributed by atoms with Crippen molar-refractivity contribution in [2.45, 2.75) is 19.4 Å². The van der Waals surface area contributed by atoms with Gasteiger partial charge >= 0.3 is 0 Å². The van der Waals surface area contributed by atoms with Gasteiger partial charge in [0.2, 0.25) is 0 Å². The lowest BCUT2D eigenvalue weighted by atomic mass is 9.56. The van der Waals surface area contributed by atoms with E-state index in [9.17, 15) is 0 Å². The molecule has 0 saturated carbocycles. The van der Waals surface area contributed by atoms with Gasteiger partial charge in [0.15, 0.2) is 0 Å². The maximum atomic E-state index is 3.70. The third kappa shape index (κ3) is 1.21. The summed E-state index contributed by atoms with van der Waals surface area (Å²) in [6.45, 7) is 5.78. The van der Waals surface area contributed by atoms with Gasteiger partial charge in [0.25, 0.3) is 0 Å². The Hall–Kier alpha value is -1.08. The Morgan fingerprint density at radius 1 is 1.00 bits per heavy atom. The number of fused-ring (bicyclic) bond motifs is 3. The smallest absolute Gasteiger partial charge is 0.0410 e. The van der Waals surface area contributed by atoms with Gasteiger partial charge in [-0.05, 0) is 12.8 Å². The Labute approximate surface area is 97.6 Å². The molecule has 4 atom stereocenters. The summed E-state index contributed by atoms with van der Waals surface area (Å²) in [7, 11) is 0. The third-order valence-corrected chi connectivity index (χ3v) is 4.58. The van der Waals surface area contributed by atoms with Crippen LogP contribution in [0.5, 0.6) is 0 Å². The third-order valence-electron chi connectivity index (χ3n) is 4.58. The summed E-state index contributed by atoms with van der Waals surface area (Å²) in [5.74, 6) is 1.16. The van der Waals surface area contributed by atoms with Gasteiger partial charge in [0, 0.05) is 23.4 Å². The molecule has 1 aliphatic heterocycles. The summed E-state index contributed by atoms with van der Waals surface area (Å²) >= 11 is 0. The molecule has 2 aliphatic carbocycles. The average Bonchev–Trinajstić information content (AvgIpc) is 2.28. The van der Waals surface area contributed by atoms with Crippen molar-refractivity contribution in [3.63, 3.8) is 0 Å². The predicted molar refractivity (Wildman–Crippen MR) is 68.1 cm³/mol. The molecule has 0 amide bonds. The monoisotopic (exact) mass is 213 g/mol. The van der Waals surface area contributed by atoms with Crippen molar-refractivity contribution in [1.82, 2.24) is 5.32 Å². The molecule has 1 nitrogen and oxygen atoms in total. The molecule has 1 saturated heterocycles. The number of hydrogen-bond donors (Lipinski definition) is 1. The van der Waals surface area contributed by atoms with Gasteiger partial charge in [-0.2, -0.15) is 0 Å². The Bertz CT molecular complexity index is 415. The largest absolute Gasteiger partial charge is 0.307 e. The average molecular weight is 213 g/mol. The van der Waals surface area contributed by atoms with E-state index < -0.39 is 0 Å². The van der Waals surface area contributed by atoms with Crippen LogP contribution in [0.15, 0.2) is 48.6 Å². The Morgan fingerprint density at radius 3 is 2.62 bits per heavy atom. The minimum Gasteiger partial charge on any atom is -0.307 e. The molecular formula is C15H19N. The van der Waals surface area contributed by atoms with Crippen molar-refractivity contribution < 1.29 is 0 Å². The second-order valence-electron chi connectivity index (χ2n) is 5.60. The van der Waals surface area contributed by atoms with E-state index in [0.29, 0.717) is 11.8 Å². The first-order valence-electron chi connectivity index (χ1n) is 6.12. The Morgan fingerprint density at radius 2 is 1.75 bits per heavy atom. The Kier molecular flexibility index (Phi) is 2.02. The molecule has 0 spiro atoms. The fourth-order valence-corrected chi connectivity index (χ4v) is 3.50. The van der Waals surface area contributed by atoms with Crippen molar-refractivity contribution in [3.8, 4) is 0 Å². The van der Waals surface area contributed by atoms with Crippen molar-refractivity contribution >= 4 is 0 Å². The minimum absolute atomic E-state index is 0.121. The molecule has 0 aromatic heterocycles. The molecule has 0 bridgehead atoms. The maximum absolute atomic E-state index is 3.70. The zero-order valence-corrected chi connectivity index (χ0v) is 9.98. The van der Waals surface area contributed by atoms with Gasteiger partial charge in [-0.3, -0.25) is 0 Å². The molecule has 0 radical (unpaired) electrons. The van der Waals surface area contributed by atoms with Crippen LogP contribution in [0.1, 0.15) is 13.8 Å². The van der Waals surface area contributed by atoms with Crippen LogP contribution in [0.3, 0.4) is 0 Å². The normalized spacial score (nSPS) is 48.9. The highest BCUT2D eigenvalue weighted by molar-refractivity contribution is 5.34. The van der Waals surface area contributed by atoms with Crippen LogP contribution in [-0.4, -0.2) is 12.1 Å². The van der Waals surface area contributed by atoms with Crippen LogP contribution in [0.25, 0.3) is 0 Å². The lowest BCUT2D eigenvalue weighted by Crippen LogP contribution is -2.61. The van der Waals surface area contributed by atoms with Crippen LogP contribution in [0, 0.1) is 17.3 Å². The van der Waals surface area contributed by atoms with E-state index in [0.717, 1.165) is 6.54 Å². The highest BCUT2D eigenvalue weighted by atomic mass is 15.0. The van der Waals surface area contributed by atoms with Crippen LogP contribution < -0.4 is 5.32 Å². The van der Waals surface area contributed by atoms with Crippen LogP contribution in [-0.2, 0) is 0 Å². The number of piperidine rings is 1. The highest BCUT2D eigenvalue weighted by Gasteiger charge is 2.50. The van der Waals surface area contributed by atoms with Crippen LogP contribution >= 0.6 is 0 Å². The molecule has 0 aromatic carbocycles. The van der Waals surface area contributed by atoms with E-state index in [1.54, 1.807) is 0 Å². The van der Waals surface area contributed by atoms with Crippen molar-refractivity contribution in [2.75, 3.05) is 6.54 Å². The van der Waals surface area contributed by atoms with Crippen LogP contribution in [0.2, 0.25) is 0 Å². The van der Waals surface area contributed by atoms with Gasteiger partial charge in [-0.25, -0.2) is 0 Å². The van der Waals surface area contributed by atoms with Crippen LogP contribution in [0.4, 0.5) is 0 Å². The van der Waals surface area contributed by atoms with Gasteiger partial charge in [0.05, 0.1) is 0 Å². The summed E-state index contributed by atoms with van der Waals surface area (Å²) in [6.07, 6.45) is 18.1. The molecule has 3 rings (SSSR count). The van der Waals surface area contributed by atoms with E-state index in [1.165, 1.54) is 0 Å². The van der Waals surface area contributed by atoms with Crippen molar-refractivity contribution in [1.29, 1.82) is 0 Å². The van der Waals surface area contributed by atoms with E-state index in [1.807, 2.05) is 0 Å². The van der Waals surface area contributed by atoms with E-state index >= 15 is 0 Å². The molecule has 1 heteroatoms. The number of hydrogen-bond acceptors (Lipinski definition) is 1. The maximum Gasteiger partial charge on any atom is 0.0410 e. The first kappa shape index (κ1) is 10.1.